The number of hydrogen-bond donors (Lipinski definition) is 1. The molecule has 1 amide bonds. The molecular weight excluding hydrogens is 333 g/mol. The topological polar surface area (TPSA) is 47.6 Å². The third-order valence-corrected chi connectivity index (χ3v) is 5.12. The zero-order valence-electron chi connectivity index (χ0n) is 14.5. The Balaban J connectivity index is 1.37. The fraction of sp³-hybridized carbons (Fsp3) is 0.381. The van der Waals surface area contributed by atoms with Crippen LogP contribution in [0.15, 0.2) is 48.5 Å². The summed E-state index contributed by atoms with van der Waals surface area (Å²) in [6.07, 6.45) is 3.02. The molecule has 1 heterocycles. The lowest BCUT2D eigenvalue weighted by Crippen LogP contribution is -2.26. The zero-order valence-corrected chi connectivity index (χ0v) is 14.5. The third kappa shape index (κ3) is 3.73. The monoisotopic (exact) mass is 355 g/mol. The summed E-state index contributed by atoms with van der Waals surface area (Å²) in [5, 5.41) is 2.96. The summed E-state index contributed by atoms with van der Waals surface area (Å²) in [5.41, 5.74) is 0.839. The fourth-order valence-corrected chi connectivity index (χ4v) is 3.32. The van der Waals surface area contributed by atoms with Gasteiger partial charge in [-0.1, -0.05) is 18.2 Å². The molecule has 0 bridgehead atoms. The van der Waals surface area contributed by atoms with Crippen LogP contribution in [0.4, 0.5) is 10.1 Å². The van der Waals surface area contributed by atoms with Gasteiger partial charge in [-0.15, -0.1) is 0 Å². The first-order valence-corrected chi connectivity index (χ1v) is 9.04. The van der Waals surface area contributed by atoms with E-state index in [0.29, 0.717) is 18.6 Å². The Morgan fingerprint density at radius 3 is 2.62 bits per heavy atom. The minimum atomic E-state index is -0.488. The Kier molecular flexibility index (Phi) is 4.64. The van der Waals surface area contributed by atoms with Crippen LogP contribution in [0, 0.1) is 11.2 Å². The number of carbonyl (C=O) groups excluding carboxylic acids is 1. The van der Waals surface area contributed by atoms with Crippen molar-refractivity contribution in [1.82, 2.24) is 0 Å². The van der Waals surface area contributed by atoms with Crippen LogP contribution in [0.3, 0.4) is 0 Å². The highest BCUT2D eigenvalue weighted by Crippen LogP contribution is 2.49. The predicted molar refractivity (Wildman–Crippen MR) is 96.7 cm³/mol. The summed E-state index contributed by atoms with van der Waals surface area (Å²) < 4.78 is 25.0. The van der Waals surface area contributed by atoms with Crippen molar-refractivity contribution in [3.8, 4) is 5.75 Å². The molecule has 2 aromatic carbocycles. The van der Waals surface area contributed by atoms with Gasteiger partial charge >= 0.3 is 0 Å². The number of halogens is 1. The van der Waals surface area contributed by atoms with Gasteiger partial charge < -0.3 is 14.8 Å². The smallest absolute Gasteiger partial charge is 0.230 e. The van der Waals surface area contributed by atoms with E-state index in [2.05, 4.69) is 5.32 Å². The minimum absolute atomic E-state index is 0.0429. The maximum Gasteiger partial charge on any atom is 0.230 e. The van der Waals surface area contributed by atoms with Gasteiger partial charge in [0.25, 0.3) is 0 Å². The van der Waals surface area contributed by atoms with Gasteiger partial charge in [-0.05, 0) is 55.2 Å². The standard InChI is InChI=1S/C21H22FNO3/c22-19-4-2-1-3-15(19)13-21(10-11-21)20(24)23-16-5-7-17(8-6-16)26-18-9-12-25-14-18/h1-8,18H,9-14H2,(H,23,24). The fourth-order valence-electron chi connectivity index (χ4n) is 3.32. The average molecular weight is 355 g/mol. The number of amides is 1. The largest absolute Gasteiger partial charge is 0.488 e. The molecule has 2 aliphatic rings. The Bertz CT molecular complexity index is 780. The van der Waals surface area contributed by atoms with Crippen molar-refractivity contribution in [2.24, 2.45) is 5.41 Å². The Morgan fingerprint density at radius 1 is 1.19 bits per heavy atom. The van der Waals surface area contributed by atoms with Crippen molar-refractivity contribution in [2.75, 3.05) is 18.5 Å². The van der Waals surface area contributed by atoms with Gasteiger partial charge in [0.05, 0.1) is 18.6 Å². The lowest BCUT2D eigenvalue weighted by atomic mass is 9.95. The SMILES string of the molecule is O=C(Nc1ccc(OC2CCOC2)cc1)C1(Cc2ccccc2F)CC1. The van der Waals surface area contributed by atoms with Crippen molar-refractivity contribution >= 4 is 11.6 Å². The maximum absolute atomic E-state index is 13.9. The maximum atomic E-state index is 13.9. The number of carbonyl (C=O) groups is 1. The Hall–Kier alpha value is -2.40. The van der Waals surface area contributed by atoms with E-state index in [0.717, 1.165) is 37.3 Å². The van der Waals surface area contributed by atoms with Crippen molar-refractivity contribution in [3.63, 3.8) is 0 Å². The summed E-state index contributed by atoms with van der Waals surface area (Å²) in [4.78, 5) is 12.7. The van der Waals surface area contributed by atoms with Gasteiger partial charge in [-0.25, -0.2) is 4.39 Å². The normalized spacial score (nSPS) is 20.6. The summed E-state index contributed by atoms with van der Waals surface area (Å²) in [6.45, 7) is 1.36. The second kappa shape index (κ2) is 7.08. The minimum Gasteiger partial charge on any atom is -0.488 e. The highest BCUT2D eigenvalue weighted by molar-refractivity contribution is 5.97. The van der Waals surface area contributed by atoms with E-state index in [9.17, 15) is 9.18 Å². The van der Waals surface area contributed by atoms with Crippen LogP contribution in [0.2, 0.25) is 0 Å². The van der Waals surface area contributed by atoms with E-state index in [1.807, 2.05) is 24.3 Å². The van der Waals surface area contributed by atoms with Gasteiger partial charge in [0.15, 0.2) is 0 Å². The van der Waals surface area contributed by atoms with E-state index >= 15 is 0 Å². The van der Waals surface area contributed by atoms with Gasteiger partial charge in [0.1, 0.15) is 17.7 Å². The van der Waals surface area contributed by atoms with Crippen LogP contribution < -0.4 is 10.1 Å². The molecule has 0 spiro atoms. The number of benzene rings is 2. The molecule has 1 saturated carbocycles. The van der Waals surface area contributed by atoms with Gasteiger partial charge in [0, 0.05) is 12.1 Å². The second-order valence-electron chi connectivity index (χ2n) is 7.13. The first-order chi connectivity index (χ1) is 12.6. The number of rotatable bonds is 6. The average Bonchev–Trinajstić information content (AvgIpc) is 3.25. The lowest BCUT2D eigenvalue weighted by Gasteiger charge is -2.16. The molecule has 1 aliphatic carbocycles. The number of nitrogens with one attached hydrogen (secondary N) is 1. The number of hydrogen-bond acceptors (Lipinski definition) is 3. The molecule has 1 N–H and O–H groups in total. The van der Waals surface area contributed by atoms with E-state index < -0.39 is 5.41 Å². The highest BCUT2D eigenvalue weighted by atomic mass is 19.1. The van der Waals surface area contributed by atoms with Crippen molar-refractivity contribution in [2.45, 2.75) is 31.8 Å². The molecule has 4 nitrogen and oxygen atoms in total. The van der Waals surface area contributed by atoms with Crippen molar-refractivity contribution in [3.05, 3.63) is 59.9 Å². The summed E-state index contributed by atoms with van der Waals surface area (Å²) >= 11 is 0. The van der Waals surface area contributed by atoms with E-state index in [1.54, 1.807) is 18.2 Å². The van der Waals surface area contributed by atoms with Crippen LogP contribution in [0.25, 0.3) is 0 Å². The molecule has 1 aliphatic heterocycles. The van der Waals surface area contributed by atoms with Gasteiger partial charge in [-0.2, -0.15) is 0 Å². The van der Waals surface area contributed by atoms with Crippen LogP contribution in [0.1, 0.15) is 24.8 Å². The summed E-state index contributed by atoms with van der Waals surface area (Å²) in [6, 6.07) is 14.0. The Labute approximate surface area is 152 Å². The second-order valence-corrected chi connectivity index (χ2v) is 7.13. The number of ether oxygens (including phenoxy) is 2. The highest BCUT2D eigenvalue weighted by Gasteiger charge is 2.49. The van der Waals surface area contributed by atoms with Crippen molar-refractivity contribution < 1.29 is 18.7 Å². The van der Waals surface area contributed by atoms with Crippen LogP contribution in [-0.4, -0.2) is 25.2 Å². The molecule has 2 aromatic rings. The van der Waals surface area contributed by atoms with Gasteiger partial charge in [-0.3, -0.25) is 4.79 Å². The summed E-state index contributed by atoms with van der Waals surface area (Å²) in [5.74, 6) is 0.480. The predicted octanol–water partition coefficient (Wildman–Crippen LogP) is 3.95. The Morgan fingerprint density at radius 2 is 1.96 bits per heavy atom. The molecular formula is C21H22FNO3. The van der Waals surface area contributed by atoms with Gasteiger partial charge in [0.2, 0.25) is 5.91 Å². The van der Waals surface area contributed by atoms with Crippen molar-refractivity contribution in [1.29, 1.82) is 0 Å². The summed E-state index contributed by atoms with van der Waals surface area (Å²) in [7, 11) is 0. The lowest BCUT2D eigenvalue weighted by molar-refractivity contribution is -0.121. The molecule has 1 unspecified atom stereocenters. The molecule has 26 heavy (non-hydrogen) atoms. The molecule has 4 rings (SSSR count). The van der Waals surface area contributed by atoms with E-state index in [1.165, 1.54) is 6.07 Å². The van der Waals surface area contributed by atoms with E-state index in [4.69, 9.17) is 9.47 Å². The molecule has 0 aromatic heterocycles. The van der Waals surface area contributed by atoms with E-state index in [-0.39, 0.29) is 17.8 Å². The van der Waals surface area contributed by atoms with Crippen LogP contribution >= 0.6 is 0 Å². The zero-order chi connectivity index (χ0) is 18.0. The van der Waals surface area contributed by atoms with Crippen LogP contribution in [0.5, 0.6) is 5.75 Å². The quantitative estimate of drug-likeness (QED) is 0.853. The molecule has 1 saturated heterocycles. The molecule has 1 atom stereocenters. The molecule has 0 radical (unpaired) electrons. The first-order valence-electron chi connectivity index (χ1n) is 9.04. The van der Waals surface area contributed by atoms with Crippen LogP contribution in [-0.2, 0) is 16.0 Å². The third-order valence-electron chi connectivity index (χ3n) is 5.12. The molecule has 136 valence electrons. The molecule has 5 heteroatoms. The number of anilines is 1. The first kappa shape index (κ1) is 17.0. The molecule has 2 fully saturated rings.